The lowest BCUT2D eigenvalue weighted by atomic mass is 10.1. The van der Waals surface area contributed by atoms with Gasteiger partial charge in [0.2, 0.25) is 0 Å². The zero-order chi connectivity index (χ0) is 22.3. The van der Waals surface area contributed by atoms with Gasteiger partial charge in [-0.05, 0) is 42.3 Å². The molecule has 0 unspecified atom stereocenters. The number of aromatic nitrogens is 2. The molecule has 5 heteroatoms. The first-order chi connectivity index (χ1) is 15.7. The van der Waals surface area contributed by atoms with Crippen molar-refractivity contribution in [3.8, 4) is 23.0 Å². The van der Waals surface area contributed by atoms with Crippen LogP contribution in [0.3, 0.4) is 0 Å². The fourth-order valence-electron chi connectivity index (χ4n) is 3.35. The smallest absolute Gasteiger partial charge is 0.266 e. The molecule has 1 N–H and O–H groups in total. The molecule has 5 nitrogen and oxygen atoms in total. The molecule has 1 aromatic heterocycles. The van der Waals surface area contributed by atoms with Crippen molar-refractivity contribution in [2.75, 3.05) is 5.32 Å². The molecule has 0 aliphatic heterocycles. The first kappa shape index (κ1) is 20.8. The van der Waals surface area contributed by atoms with E-state index in [0.717, 1.165) is 17.7 Å². The minimum absolute atomic E-state index is 0.00867. The number of carbonyl (C=O) groups is 1. The molecule has 3 aromatic carbocycles. The van der Waals surface area contributed by atoms with Gasteiger partial charge < -0.3 is 5.32 Å². The third kappa shape index (κ3) is 4.66. The lowest BCUT2D eigenvalue weighted by molar-refractivity contribution is -0.112. The Balaban J connectivity index is 1.70. The molecule has 0 spiro atoms. The second-order valence-corrected chi connectivity index (χ2v) is 7.25. The zero-order valence-electron chi connectivity index (χ0n) is 17.7. The van der Waals surface area contributed by atoms with Gasteiger partial charge in [-0.2, -0.15) is 10.4 Å². The average molecular weight is 419 g/mol. The number of hydrogen-bond donors (Lipinski definition) is 1. The maximum atomic E-state index is 12.8. The van der Waals surface area contributed by atoms with Crippen LogP contribution in [-0.2, 0) is 11.2 Å². The monoisotopic (exact) mass is 418 g/mol. The van der Waals surface area contributed by atoms with Gasteiger partial charge in [0.1, 0.15) is 11.6 Å². The van der Waals surface area contributed by atoms with Crippen molar-refractivity contribution in [3.63, 3.8) is 0 Å². The van der Waals surface area contributed by atoms with Gasteiger partial charge in [0.05, 0.1) is 11.4 Å². The highest BCUT2D eigenvalue weighted by Crippen LogP contribution is 2.26. The first-order valence-corrected chi connectivity index (χ1v) is 10.4. The van der Waals surface area contributed by atoms with Crippen molar-refractivity contribution >= 4 is 17.7 Å². The van der Waals surface area contributed by atoms with Crippen LogP contribution in [0.25, 0.3) is 23.0 Å². The van der Waals surface area contributed by atoms with Gasteiger partial charge in [-0.25, -0.2) is 4.68 Å². The third-order valence-electron chi connectivity index (χ3n) is 5.10. The number of benzene rings is 3. The highest BCUT2D eigenvalue weighted by atomic mass is 16.1. The number of rotatable bonds is 6. The van der Waals surface area contributed by atoms with Crippen LogP contribution >= 0.6 is 0 Å². The van der Waals surface area contributed by atoms with Crippen molar-refractivity contribution in [2.24, 2.45) is 0 Å². The first-order valence-electron chi connectivity index (χ1n) is 10.4. The fraction of sp³-hybridized carbons (Fsp3) is 0.0741. The van der Waals surface area contributed by atoms with E-state index in [1.807, 2.05) is 97.2 Å². The van der Waals surface area contributed by atoms with Gasteiger partial charge in [-0.15, -0.1) is 0 Å². The SMILES string of the molecule is CCc1ccc(NC(=O)/C(C#N)=C/c2cn(-c3ccccc3)nc2-c2ccccc2)cc1. The van der Waals surface area contributed by atoms with Gasteiger partial charge in [-0.1, -0.05) is 67.6 Å². The van der Waals surface area contributed by atoms with E-state index in [1.54, 1.807) is 10.8 Å². The molecule has 4 rings (SSSR count). The molecule has 0 aliphatic rings. The molecule has 4 aromatic rings. The van der Waals surface area contributed by atoms with Crippen molar-refractivity contribution in [1.82, 2.24) is 9.78 Å². The summed E-state index contributed by atoms with van der Waals surface area (Å²) < 4.78 is 1.75. The van der Waals surface area contributed by atoms with Crippen molar-refractivity contribution in [2.45, 2.75) is 13.3 Å². The number of anilines is 1. The number of aryl methyl sites for hydroxylation is 1. The van der Waals surface area contributed by atoms with E-state index in [1.165, 1.54) is 5.56 Å². The number of amides is 1. The average Bonchev–Trinajstić information content (AvgIpc) is 3.28. The maximum Gasteiger partial charge on any atom is 0.266 e. The van der Waals surface area contributed by atoms with E-state index >= 15 is 0 Å². The molecule has 32 heavy (non-hydrogen) atoms. The van der Waals surface area contributed by atoms with E-state index in [9.17, 15) is 10.1 Å². The standard InChI is InChI=1S/C27H22N4O/c1-2-20-13-15-24(16-14-20)29-27(32)22(18-28)17-23-19-31(25-11-7-4-8-12-25)30-26(23)21-9-5-3-6-10-21/h3-17,19H,2H2,1H3,(H,29,32)/b22-17+. The van der Waals surface area contributed by atoms with Gasteiger partial charge in [0.15, 0.2) is 0 Å². The Bertz CT molecular complexity index is 1280. The Morgan fingerprint density at radius 3 is 2.28 bits per heavy atom. The Hall–Kier alpha value is -4.43. The van der Waals surface area contributed by atoms with Crippen LogP contribution in [-0.4, -0.2) is 15.7 Å². The number of hydrogen-bond acceptors (Lipinski definition) is 3. The Morgan fingerprint density at radius 1 is 1.00 bits per heavy atom. The lowest BCUT2D eigenvalue weighted by Crippen LogP contribution is -2.13. The summed E-state index contributed by atoms with van der Waals surface area (Å²) in [5.41, 5.74) is 5.02. The highest BCUT2D eigenvalue weighted by molar-refractivity contribution is 6.10. The van der Waals surface area contributed by atoms with Crippen LogP contribution in [0.5, 0.6) is 0 Å². The van der Waals surface area contributed by atoms with Gasteiger partial charge in [0.25, 0.3) is 5.91 Å². The summed E-state index contributed by atoms with van der Waals surface area (Å²) in [4.78, 5) is 12.8. The summed E-state index contributed by atoms with van der Waals surface area (Å²) in [6.07, 6.45) is 4.34. The number of nitriles is 1. The summed E-state index contributed by atoms with van der Waals surface area (Å²) in [6.45, 7) is 2.07. The van der Waals surface area contributed by atoms with E-state index in [4.69, 9.17) is 5.10 Å². The zero-order valence-corrected chi connectivity index (χ0v) is 17.7. The van der Waals surface area contributed by atoms with Gasteiger partial charge in [-0.3, -0.25) is 4.79 Å². The largest absolute Gasteiger partial charge is 0.321 e. The Morgan fingerprint density at radius 2 is 1.66 bits per heavy atom. The van der Waals surface area contributed by atoms with Crippen LogP contribution in [0.1, 0.15) is 18.1 Å². The van der Waals surface area contributed by atoms with Crippen LogP contribution in [0.15, 0.2) is 96.7 Å². The summed E-state index contributed by atoms with van der Waals surface area (Å²) >= 11 is 0. The molecule has 0 aliphatic carbocycles. The molecular weight excluding hydrogens is 396 g/mol. The van der Waals surface area contributed by atoms with Crippen molar-refractivity contribution < 1.29 is 4.79 Å². The second-order valence-electron chi connectivity index (χ2n) is 7.25. The third-order valence-corrected chi connectivity index (χ3v) is 5.10. The van der Waals surface area contributed by atoms with E-state index in [2.05, 4.69) is 12.2 Å². The van der Waals surface area contributed by atoms with E-state index in [0.29, 0.717) is 16.9 Å². The predicted octanol–water partition coefficient (Wildman–Crippen LogP) is 5.65. The number of para-hydroxylation sites is 1. The van der Waals surface area contributed by atoms with Gasteiger partial charge >= 0.3 is 0 Å². The summed E-state index contributed by atoms with van der Waals surface area (Å²) in [6, 6.07) is 29.1. The lowest BCUT2D eigenvalue weighted by Gasteiger charge is -2.05. The Labute approximate surface area is 187 Å². The molecular formula is C27H22N4O. The molecule has 0 radical (unpaired) electrons. The summed E-state index contributed by atoms with van der Waals surface area (Å²) in [7, 11) is 0. The van der Waals surface area contributed by atoms with Crippen molar-refractivity contribution in [1.29, 1.82) is 5.26 Å². The molecule has 1 heterocycles. The van der Waals surface area contributed by atoms with Crippen LogP contribution in [0, 0.1) is 11.3 Å². The summed E-state index contributed by atoms with van der Waals surface area (Å²) in [5.74, 6) is -0.455. The van der Waals surface area contributed by atoms with Gasteiger partial charge in [0, 0.05) is 23.0 Å². The molecule has 1 amide bonds. The number of carbonyl (C=O) groups excluding carboxylic acids is 1. The minimum atomic E-state index is -0.455. The molecule has 0 bridgehead atoms. The van der Waals surface area contributed by atoms with E-state index in [-0.39, 0.29) is 5.57 Å². The minimum Gasteiger partial charge on any atom is -0.321 e. The molecule has 0 saturated heterocycles. The van der Waals surface area contributed by atoms with Crippen LogP contribution in [0.4, 0.5) is 5.69 Å². The second kappa shape index (κ2) is 9.59. The van der Waals surface area contributed by atoms with Crippen LogP contribution in [0.2, 0.25) is 0 Å². The quantitative estimate of drug-likeness (QED) is 0.325. The number of nitrogens with one attached hydrogen (secondary N) is 1. The number of nitrogens with zero attached hydrogens (tertiary/aromatic N) is 3. The summed E-state index contributed by atoms with van der Waals surface area (Å²) in [5, 5.41) is 17.2. The van der Waals surface area contributed by atoms with Crippen LogP contribution < -0.4 is 5.32 Å². The normalized spacial score (nSPS) is 11.1. The highest BCUT2D eigenvalue weighted by Gasteiger charge is 2.15. The fourth-order valence-corrected chi connectivity index (χ4v) is 3.35. The predicted molar refractivity (Wildman–Crippen MR) is 127 cm³/mol. The molecule has 0 fully saturated rings. The molecule has 156 valence electrons. The maximum absolute atomic E-state index is 12.8. The molecule has 0 atom stereocenters. The topological polar surface area (TPSA) is 70.7 Å². The van der Waals surface area contributed by atoms with E-state index < -0.39 is 5.91 Å². The van der Waals surface area contributed by atoms with Crippen molar-refractivity contribution in [3.05, 3.63) is 108 Å². The Kier molecular flexibility index (Phi) is 6.24. The molecule has 0 saturated carbocycles.